The number of benzene rings is 1. The molecule has 0 bridgehead atoms. The van der Waals surface area contributed by atoms with Crippen molar-refractivity contribution < 1.29 is 26.4 Å². The van der Waals surface area contributed by atoms with Crippen molar-refractivity contribution in [1.82, 2.24) is 0 Å². The van der Waals surface area contributed by atoms with Crippen molar-refractivity contribution in [3.63, 3.8) is 0 Å². The van der Waals surface area contributed by atoms with E-state index in [2.05, 4.69) is 0 Å². The predicted molar refractivity (Wildman–Crippen MR) is 85.5 cm³/mol. The smallest absolute Gasteiger partial charge is 0.368 e. The minimum Gasteiger partial charge on any atom is -0.368 e. The molecule has 0 aromatic heterocycles. The van der Waals surface area contributed by atoms with Crippen molar-refractivity contribution in [1.29, 1.82) is 0 Å². The standard InChI is InChI=1S/C16H19F3N2O3S/c17-16(18,19)25(23,24)12-7-5-11(6-8-12)21-13-4-2-1-3-10(13)9-14(21)15(20)22/h5-8,10,13-14H,1-4,9H2,(H2,20,22)/t10-,13-,14+/m1/s1. The van der Waals surface area contributed by atoms with Crippen molar-refractivity contribution in [2.45, 2.75) is 54.6 Å². The summed E-state index contributed by atoms with van der Waals surface area (Å²) < 4.78 is 60.9. The molecule has 1 aliphatic carbocycles. The molecule has 138 valence electrons. The third-order valence-corrected chi connectivity index (χ3v) is 6.67. The van der Waals surface area contributed by atoms with Gasteiger partial charge >= 0.3 is 5.51 Å². The van der Waals surface area contributed by atoms with Gasteiger partial charge in [-0.3, -0.25) is 4.79 Å². The molecule has 1 aromatic rings. The number of carbonyl (C=O) groups excluding carboxylic acids is 1. The molecule has 1 aliphatic heterocycles. The van der Waals surface area contributed by atoms with Gasteiger partial charge in [-0.1, -0.05) is 12.8 Å². The number of amides is 1. The number of halogens is 3. The monoisotopic (exact) mass is 376 g/mol. The van der Waals surface area contributed by atoms with E-state index in [1.807, 2.05) is 4.90 Å². The van der Waals surface area contributed by atoms with E-state index in [0.717, 1.165) is 37.8 Å². The number of nitrogens with two attached hydrogens (primary N) is 1. The molecule has 1 heterocycles. The number of anilines is 1. The van der Waals surface area contributed by atoms with Gasteiger partial charge in [0.05, 0.1) is 4.90 Å². The molecular formula is C16H19F3N2O3S. The van der Waals surface area contributed by atoms with Crippen LogP contribution in [0.25, 0.3) is 0 Å². The van der Waals surface area contributed by atoms with Crippen molar-refractivity contribution in [2.75, 3.05) is 4.90 Å². The summed E-state index contributed by atoms with van der Waals surface area (Å²) in [7, 11) is -5.38. The zero-order valence-corrected chi connectivity index (χ0v) is 14.2. The van der Waals surface area contributed by atoms with E-state index in [9.17, 15) is 26.4 Å². The Morgan fingerprint density at radius 2 is 1.72 bits per heavy atom. The van der Waals surface area contributed by atoms with E-state index < -0.39 is 32.2 Å². The Labute approximate surface area is 143 Å². The summed E-state index contributed by atoms with van der Waals surface area (Å²) in [5.41, 5.74) is 0.697. The second-order valence-corrected chi connectivity index (χ2v) is 8.56. The van der Waals surface area contributed by atoms with E-state index in [0.29, 0.717) is 18.0 Å². The summed E-state index contributed by atoms with van der Waals surface area (Å²) in [6.07, 6.45) is 4.61. The minimum absolute atomic E-state index is 0.108. The van der Waals surface area contributed by atoms with Crippen LogP contribution in [-0.2, 0) is 14.6 Å². The molecule has 2 aliphatic rings. The molecule has 0 radical (unpaired) electrons. The fraction of sp³-hybridized carbons (Fsp3) is 0.562. The number of rotatable bonds is 3. The first-order valence-corrected chi connectivity index (χ1v) is 9.60. The molecule has 3 atom stereocenters. The number of fused-ring (bicyclic) bond motifs is 1. The molecule has 1 aromatic carbocycles. The maximum absolute atomic E-state index is 12.7. The first-order valence-electron chi connectivity index (χ1n) is 8.12. The van der Waals surface area contributed by atoms with Crippen LogP contribution in [0.5, 0.6) is 0 Å². The highest BCUT2D eigenvalue weighted by Crippen LogP contribution is 2.42. The SMILES string of the molecule is NC(=O)[C@@H]1C[C@H]2CCCC[C@H]2N1c1ccc(S(=O)(=O)C(F)(F)F)cc1. The number of hydrogen-bond acceptors (Lipinski definition) is 4. The zero-order chi connectivity index (χ0) is 18.4. The van der Waals surface area contributed by atoms with Gasteiger partial charge in [0.2, 0.25) is 5.91 Å². The lowest BCUT2D eigenvalue weighted by atomic mass is 9.84. The fourth-order valence-corrected chi connectivity index (χ4v) is 4.78. The Hall–Kier alpha value is -1.77. The average molecular weight is 376 g/mol. The number of nitrogens with zero attached hydrogens (tertiary/aromatic N) is 1. The van der Waals surface area contributed by atoms with Gasteiger partial charge in [-0.15, -0.1) is 0 Å². The highest BCUT2D eigenvalue weighted by molar-refractivity contribution is 7.92. The highest BCUT2D eigenvalue weighted by atomic mass is 32.2. The van der Waals surface area contributed by atoms with Gasteiger partial charge in [-0.2, -0.15) is 13.2 Å². The highest BCUT2D eigenvalue weighted by Gasteiger charge is 2.47. The molecule has 2 fully saturated rings. The topological polar surface area (TPSA) is 80.5 Å². The third kappa shape index (κ3) is 3.09. The lowest BCUT2D eigenvalue weighted by Crippen LogP contribution is -2.45. The molecule has 2 N–H and O–H groups in total. The number of primary amides is 1. The summed E-state index contributed by atoms with van der Waals surface area (Å²) in [6.45, 7) is 0. The number of sulfone groups is 1. The largest absolute Gasteiger partial charge is 0.501 e. The lowest BCUT2D eigenvalue weighted by molar-refractivity contribution is -0.119. The number of carbonyl (C=O) groups is 1. The van der Waals surface area contributed by atoms with Gasteiger partial charge in [0, 0.05) is 11.7 Å². The van der Waals surface area contributed by atoms with Crippen LogP contribution in [-0.4, -0.2) is 31.9 Å². The van der Waals surface area contributed by atoms with E-state index in [4.69, 9.17) is 5.73 Å². The molecule has 0 unspecified atom stereocenters. The lowest BCUT2D eigenvalue weighted by Gasteiger charge is -2.35. The molecule has 5 nitrogen and oxygen atoms in total. The van der Waals surface area contributed by atoms with Crippen LogP contribution >= 0.6 is 0 Å². The van der Waals surface area contributed by atoms with Gasteiger partial charge in [-0.25, -0.2) is 8.42 Å². The zero-order valence-electron chi connectivity index (χ0n) is 13.4. The molecule has 1 amide bonds. The normalized spacial score (nSPS) is 27.2. The molecule has 1 saturated carbocycles. The number of hydrogen-bond donors (Lipinski definition) is 1. The molecule has 3 rings (SSSR count). The summed E-state index contributed by atoms with van der Waals surface area (Å²) >= 11 is 0. The predicted octanol–water partition coefficient (Wildman–Crippen LogP) is 2.60. The van der Waals surface area contributed by atoms with Crippen LogP contribution in [0.4, 0.5) is 18.9 Å². The Morgan fingerprint density at radius 1 is 1.12 bits per heavy atom. The summed E-state index contributed by atoms with van der Waals surface area (Å²) in [5, 5.41) is 0. The van der Waals surface area contributed by atoms with Crippen LogP contribution in [0, 0.1) is 5.92 Å². The van der Waals surface area contributed by atoms with Gasteiger partial charge < -0.3 is 10.6 Å². The molecule has 0 spiro atoms. The van der Waals surface area contributed by atoms with E-state index in [1.165, 1.54) is 12.1 Å². The first kappa shape index (κ1) is 18.0. The summed E-state index contributed by atoms with van der Waals surface area (Å²) in [5.74, 6) is -0.147. The third-order valence-electron chi connectivity index (χ3n) is 5.17. The van der Waals surface area contributed by atoms with Gasteiger partial charge in [-0.05, 0) is 49.4 Å². The average Bonchev–Trinajstić information content (AvgIpc) is 2.93. The van der Waals surface area contributed by atoms with Crippen LogP contribution in [0.2, 0.25) is 0 Å². The Bertz CT molecular complexity index is 762. The van der Waals surface area contributed by atoms with Crippen LogP contribution in [0.3, 0.4) is 0 Å². The van der Waals surface area contributed by atoms with Crippen molar-refractivity contribution in [3.05, 3.63) is 24.3 Å². The first-order chi connectivity index (χ1) is 11.6. The molecule has 9 heteroatoms. The fourth-order valence-electron chi connectivity index (χ4n) is 4.02. The van der Waals surface area contributed by atoms with E-state index in [1.54, 1.807) is 0 Å². The maximum Gasteiger partial charge on any atom is 0.501 e. The van der Waals surface area contributed by atoms with Crippen LogP contribution in [0.1, 0.15) is 32.1 Å². The van der Waals surface area contributed by atoms with Gasteiger partial charge in [0.1, 0.15) is 6.04 Å². The Kier molecular flexibility index (Phi) is 4.47. The van der Waals surface area contributed by atoms with E-state index in [-0.39, 0.29) is 6.04 Å². The Balaban J connectivity index is 1.94. The summed E-state index contributed by atoms with van der Waals surface area (Å²) in [6, 6.07) is 4.12. The van der Waals surface area contributed by atoms with Crippen molar-refractivity contribution in [2.24, 2.45) is 11.7 Å². The maximum atomic E-state index is 12.7. The molecule has 1 saturated heterocycles. The van der Waals surface area contributed by atoms with E-state index >= 15 is 0 Å². The van der Waals surface area contributed by atoms with Gasteiger partial charge in [0.25, 0.3) is 9.84 Å². The Morgan fingerprint density at radius 3 is 2.28 bits per heavy atom. The summed E-state index contributed by atoms with van der Waals surface area (Å²) in [4.78, 5) is 12.9. The van der Waals surface area contributed by atoms with Gasteiger partial charge in [0.15, 0.2) is 0 Å². The minimum atomic E-state index is -5.38. The second-order valence-electron chi connectivity index (χ2n) is 6.62. The van der Waals surface area contributed by atoms with Crippen molar-refractivity contribution >= 4 is 21.4 Å². The molecular weight excluding hydrogens is 357 g/mol. The molecule has 25 heavy (non-hydrogen) atoms. The van der Waals surface area contributed by atoms with Crippen molar-refractivity contribution in [3.8, 4) is 0 Å². The quantitative estimate of drug-likeness (QED) is 0.879. The van der Waals surface area contributed by atoms with Crippen LogP contribution in [0.15, 0.2) is 29.2 Å². The second kappa shape index (κ2) is 6.19. The number of alkyl halides is 3. The van der Waals surface area contributed by atoms with Crippen LogP contribution < -0.4 is 10.6 Å².